The number of anilines is 1. The molecule has 5 rings (SSSR count). The summed E-state index contributed by atoms with van der Waals surface area (Å²) >= 11 is 0. The third kappa shape index (κ3) is 5.27. The quantitative estimate of drug-likeness (QED) is 0.362. The first-order valence-corrected chi connectivity index (χ1v) is 13.1. The van der Waals surface area contributed by atoms with Crippen LogP contribution in [0.25, 0.3) is 10.9 Å². The summed E-state index contributed by atoms with van der Waals surface area (Å²) < 4.78 is 12.7. The lowest BCUT2D eigenvalue weighted by atomic mass is 10.0. The van der Waals surface area contributed by atoms with Crippen LogP contribution < -0.4 is 15.2 Å². The Hall–Kier alpha value is -3.76. The molecule has 1 saturated heterocycles. The number of nitrogens with zero attached hydrogens (tertiary/aromatic N) is 6. The number of aromatic nitrogens is 5. The zero-order valence-electron chi connectivity index (χ0n) is 22.5. The second kappa shape index (κ2) is 11.3. The summed E-state index contributed by atoms with van der Waals surface area (Å²) in [6, 6.07) is 13.8. The fourth-order valence-electron chi connectivity index (χ4n) is 5.19. The standard InChI is InChI=1S/C28H35N7O3/c1-5-38-22-8-9-24-21(17-22)18-23(28(36)29-24)26(27-30-31-32-35(27)14-15-37-4)34-12-10-33(11-13-34)25-16-19(2)6-7-20(25)3/h6-9,16-18,26H,5,10-15H2,1-4H3,(H,29,36)/t26-/m0/s1. The zero-order valence-corrected chi connectivity index (χ0v) is 22.5. The molecule has 0 radical (unpaired) electrons. The van der Waals surface area contributed by atoms with Gasteiger partial charge in [-0.1, -0.05) is 12.1 Å². The van der Waals surface area contributed by atoms with E-state index >= 15 is 0 Å². The molecule has 0 spiro atoms. The minimum atomic E-state index is -0.411. The Morgan fingerprint density at radius 2 is 1.87 bits per heavy atom. The molecular weight excluding hydrogens is 482 g/mol. The van der Waals surface area contributed by atoms with Crippen molar-refractivity contribution in [2.45, 2.75) is 33.4 Å². The Morgan fingerprint density at radius 1 is 1.05 bits per heavy atom. The maximum absolute atomic E-state index is 13.5. The highest BCUT2D eigenvalue weighted by Crippen LogP contribution is 2.30. The summed E-state index contributed by atoms with van der Waals surface area (Å²) in [5.41, 5.74) is 5.00. The molecule has 0 aliphatic carbocycles. The van der Waals surface area contributed by atoms with Crippen molar-refractivity contribution in [2.24, 2.45) is 0 Å². The molecule has 1 atom stereocenters. The first kappa shape index (κ1) is 25.9. The number of H-pyrrole nitrogens is 1. The van der Waals surface area contributed by atoms with Crippen LogP contribution in [0, 0.1) is 13.8 Å². The first-order valence-electron chi connectivity index (χ1n) is 13.1. The summed E-state index contributed by atoms with van der Waals surface area (Å²) in [6.07, 6.45) is 0. The summed E-state index contributed by atoms with van der Waals surface area (Å²) in [5, 5.41) is 13.5. The lowest BCUT2D eigenvalue weighted by Gasteiger charge is -2.40. The molecular formula is C28H35N7O3. The van der Waals surface area contributed by atoms with E-state index in [1.807, 2.05) is 31.2 Å². The van der Waals surface area contributed by atoms with E-state index < -0.39 is 6.04 Å². The molecule has 0 unspecified atom stereocenters. The number of methoxy groups -OCH3 is 1. The van der Waals surface area contributed by atoms with E-state index in [9.17, 15) is 4.79 Å². The van der Waals surface area contributed by atoms with Crippen LogP contribution >= 0.6 is 0 Å². The number of rotatable bonds is 9. The normalized spacial score (nSPS) is 15.2. The second-order valence-electron chi connectivity index (χ2n) is 9.70. The van der Waals surface area contributed by atoms with Gasteiger partial charge in [0.15, 0.2) is 5.82 Å². The van der Waals surface area contributed by atoms with Crippen LogP contribution in [0.4, 0.5) is 5.69 Å². The summed E-state index contributed by atoms with van der Waals surface area (Å²) in [7, 11) is 1.65. The molecule has 10 nitrogen and oxygen atoms in total. The molecule has 1 aliphatic heterocycles. The predicted molar refractivity (Wildman–Crippen MR) is 147 cm³/mol. The van der Waals surface area contributed by atoms with Gasteiger partial charge in [0.25, 0.3) is 5.56 Å². The number of aryl methyl sites for hydroxylation is 2. The van der Waals surface area contributed by atoms with Crippen molar-refractivity contribution in [3.8, 4) is 5.75 Å². The second-order valence-corrected chi connectivity index (χ2v) is 9.70. The Balaban J connectivity index is 1.52. The van der Waals surface area contributed by atoms with E-state index in [4.69, 9.17) is 9.47 Å². The van der Waals surface area contributed by atoms with Crippen LogP contribution in [0.5, 0.6) is 5.75 Å². The van der Waals surface area contributed by atoms with Gasteiger partial charge in [-0.15, -0.1) is 5.10 Å². The highest BCUT2D eigenvalue weighted by molar-refractivity contribution is 5.80. The molecule has 1 N–H and O–H groups in total. The Labute approximate surface area is 222 Å². The summed E-state index contributed by atoms with van der Waals surface area (Å²) in [6.45, 7) is 10.9. The number of benzene rings is 2. The van der Waals surface area contributed by atoms with Crippen molar-refractivity contribution in [2.75, 3.05) is 51.4 Å². The van der Waals surface area contributed by atoms with Gasteiger partial charge in [0.1, 0.15) is 11.8 Å². The highest BCUT2D eigenvalue weighted by atomic mass is 16.5. The zero-order chi connectivity index (χ0) is 26.6. The molecule has 2 aromatic heterocycles. The van der Waals surface area contributed by atoms with Gasteiger partial charge in [-0.25, -0.2) is 4.68 Å². The van der Waals surface area contributed by atoms with E-state index in [2.05, 4.69) is 62.4 Å². The fourth-order valence-corrected chi connectivity index (χ4v) is 5.19. The summed E-state index contributed by atoms with van der Waals surface area (Å²) in [5.74, 6) is 1.40. The molecule has 0 saturated carbocycles. The number of piperazine rings is 1. The van der Waals surface area contributed by atoms with Gasteiger partial charge in [0.2, 0.25) is 0 Å². The van der Waals surface area contributed by atoms with E-state index in [-0.39, 0.29) is 5.56 Å². The number of aromatic amines is 1. The minimum absolute atomic E-state index is 0.148. The third-order valence-electron chi connectivity index (χ3n) is 7.15. The monoisotopic (exact) mass is 517 g/mol. The van der Waals surface area contributed by atoms with Gasteiger partial charge < -0.3 is 19.4 Å². The molecule has 0 bridgehead atoms. The van der Waals surface area contributed by atoms with Crippen molar-refractivity contribution in [1.29, 1.82) is 0 Å². The van der Waals surface area contributed by atoms with Crippen LogP contribution in [0.3, 0.4) is 0 Å². The average molecular weight is 518 g/mol. The molecule has 2 aromatic carbocycles. The SMILES string of the molecule is CCOc1ccc2[nH]c(=O)c([C@@H](c3nnnn3CCOC)N3CCN(c4cc(C)ccc4C)CC3)cc2c1. The molecule has 4 aromatic rings. The number of fused-ring (bicyclic) bond motifs is 1. The smallest absolute Gasteiger partial charge is 0.253 e. The lowest BCUT2D eigenvalue weighted by Crippen LogP contribution is -2.49. The molecule has 200 valence electrons. The number of hydrogen-bond acceptors (Lipinski definition) is 8. The van der Waals surface area contributed by atoms with Gasteiger partial charge >= 0.3 is 0 Å². The van der Waals surface area contributed by atoms with E-state index in [1.54, 1.807) is 11.8 Å². The largest absolute Gasteiger partial charge is 0.494 e. The Bertz CT molecular complexity index is 1460. The van der Waals surface area contributed by atoms with Crippen LogP contribution in [0.2, 0.25) is 0 Å². The maximum Gasteiger partial charge on any atom is 0.253 e. The first-order chi connectivity index (χ1) is 18.5. The number of pyridine rings is 1. The van der Waals surface area contributed by atoms with Crippen molar-refractivity contribution >= 4 is 16.6 Å². The molecule has 3 heterocycles. The molecule has 10 heteroatoms. The summed E-state index contributed by atoms with van der Waals surface area (Å²) in [4.78, 5) is 21.3. The van der Waals surface area contributed by atoms with Gasteiger partial charge in [0.05, 0.1) is 19.8 Å². The Kier molecular flexibility index (Phi) is 7.71. The van der Waals surface area contributed by atoms with Crippen LogP contribution in [0.15, 0.2) is 47.3 Å². The van der Waals surface area contributed by atoms with E-state index in [0.717, 1.165) is 42.8 Å². The number of tetrazole rings is 1. The molecule has 38 heavy (non-hydrogen) atoms. The maximum atomic E-state index is 13.5. The molecule has 1 aliphatic rings. The van der Waals surface area contributed by atoms with Crippen LogP contribution in [-0.4, -0.2) is 76.6 Å². The molecule has 0 amide bonds. The Morgan fingerprint density at radius 3 is 2.63 bits per heavy atom. The fraction of sp³-hybridized carbons (Fsp3) is 0.429. The van der Waals surface area contributed by atoms with Crippen LogP contribution in [-0.2, 0) is 11.3 Å². The van der Waals surface area contributed by atoms with E-state index in [1.165, 1.54) is 16.8 Å². The van der Waals surface area contributed by atoms with Crippen LogP contribution in [0.1, 0.15) is 35.5 Å². The van der Waals surface area contributed by atoms with Gasteiger partial charge in [0, 0.05) is 55.4 Å². The number of nitrogens with one attached hydrogen (secondary N) is 1. The van der Waals surface area contributed by atoms with Crippen molar-refractivity contribution in [3.63, 3.8) is 0 Å². The van der Waals surface area contributed by atoms with Crippen molar-refractivity contribution < 1.29 is 9.47 Å². The number of hydrogen-bond donors (Lipinski definition) is 1. The highest BCUT2D eigenvalue weighted by Gasteiger charge is 2.33. The van der Waals surface area contributed by atoms with Gasteiger partial charge in [-0.05, 0) is 72.7 Å². The van der Waals surface area contributed by atoms with Gasteiger partial charge in [-0.2, -0.15) is 0 Å². The predicted octanol–water partition coefficient (Wildman–Crippen LogP) is 3.09. The van der Waals surface area contributed by atoms with E-state index in [0.29, 0.717) is 31.1 Å². The van der Waals surface area contributed by atoms with Gasteiger partial charge in [-0.3, -0.25) is 9.69 Å². The molecule has 1 fully saturated rings. The minimum Gasteiger partial charge on any atom is -0.494 e. The van der Waals surface area contributed by atoms with Crippen molar-refractivity contribution in [3.05, 3.63) is 75.3 Å². The average Bonchev–Trinajstić information content (AvgIpc) is 3.38. The third-order valence-corrected chi connectivity index (χ3v) is 7.15. The van der Waals surface area contributed by atoms with Crippen molar-refractivity contribution in [1.82, 2.24) is 30.1 Å². The topological polar surface area (TPSA) is 101 Å². The number of ether oxygens (including phenoxy) is 2. The lowest BCUT2D eigenvalue weighted by molar-refractivity contribution is 0.171.